The van der Waals surface area contributed by atoms with Gasteiger partial charge in [0.05, 0.1) is 12.4 Å². The van der Waals surface area contributed by atoms with Crippen LogP contribution in [0.1, 0.15) is 34.6 Å². The largest absolute Gasteiger partial charge is 0.465 e. The van der Waals surface area contributed by atoms with Gasteiger partial charge >= 0.3 is 5.97 Å². The Morgan fingerprint density at radius 2 is 1.88 bits per heavy atom. The Balaban J connectivity index is 4.19. The first-order chi connectivity index (χ1) is 7.32. The van der Waals surface area contributed by atoms with E-state index >= 15 is 0 Å². The summed E-state index contributed by atoms with van der Waals surface area (Å²) in [6, 6.07) is 0. The summed E-state index contributed by atoms with van der Waals surface area (Å²) >= 11 is 1.57. The van der Waals surface area contributed by atoms with Crippen LogP contribution >= 0.6 is 11.8 Å². The van der Waals surface area contributed by atoms with E-state index in [1.807, 2.05) is 0 Å². The zero-order valence-electron chi connectivity index (χ0n) is 10.8. The number of hydrogen-bond donors (Lipinski definition) is 0. The molecule has 0 N–H and O–H groups in total. The summed E-state index contributed by atoms with van der Waals surface area (Å²) in [4.78, 5) is 23.4. The van der Waals surface area contributed by atoms with E-state index in [9.17, 15) is 9.59 Å². The molecule has 16 heavy (non-hydrogen) atoms. The number of ether oxygens (including phenoxy) is 1. The van der Waals surface area contributed by atoms with Gasteiger partial charge in [-0.25, -0.2) is 0 Å². The molecule has 0 radical (unpaired) electrons. The van der Waals surface area contributed by atoms with Crippen molar-refractivity contribution in [1.82, 2.24) is 0 Å². The SMILES string of the molecule is CCOC(=O)C(C)(C)C(=O)CSCC(C)C. The highest BCUT2D eigenvalue weighted by atomic mass is 32.2. The van der Waals surface area contributed by atoms with Crippen LogP contribution in [-0.2, 0) is 14.3 Å². The van der Waals surface area contributed by atoms with Crippen LogP contribution in [0.25, 0.3) is 0 Å². The Morgan fingerprint density at radius 1 is 1.31 bits per heavy atom. The van der Waals surface area contributed by atoms with E-state index in [0.717, 1.165) is 5.75 Å². The van der Waals surface area contributed by atoms with Gasteiger partial charge in [-0.3, -0.25) is 9.59 Å². The maximum atomic E-state index is 11.8. The Labute approximate surface area is 102 Å². The first-order valence-corrected chi connectivity index (χ1v) is 6.76. The second kappa shape index (κ2) is 6.94. The number of thioether (sulfide) groups is 1. The molecule has 0 saturated carbocycles. The topological polar surface area (TPSA) is 43.4 Å². The number of carbonyl (C=O) groups excluding carboxylic acids is 2. The lowest BCUT2D eigenvalue weighted by atomic mass is 9.89. The predicted molar refractivity (Wildman–Crippen MR) is 67.6 cm³/mol. The Kier molecular flexibility index (Phi) is 6.72. The van der Waals surface area contributed by atoms with Crippen molar-refractivity contribution in [2.75, 3.05) is 18.1 Å². The summed E-state index contributed by atoms with van der Waals surface area (Å²) in [6.45, 7) is 9.52. The number of carbonyl (C=O) groups is 2. The van der Waals surface area contributed by atoms with Gasteiger partial charge < -0.3 is 4.74 Å². The van der Waals surface area contributed by atoms with Crippen LogP contribution in [0.5, 0.6) is 0 Å². The minimum Gasteiger partial charge on any atom is -0.465 e. The molecule has 0 unspecified atom stereocenters. The second-order valence-electron chi connectivity index (χ2n) is 4.68. The average molecular weight is 246 g/mol. The Bertz CT molecular complexity index is 247. The summed E-state index contributed by atoms with van der Waals surface area (Å²) in [5, 5.41) is 0. The van der Waals surface area contributed by atoms with Crippen LogP contribution in [0.3, 0.4) is 0 Å². The standard InChI is InChI=1S/C12H22O3S/c1-6-15-11(14)12(4,5)10(13)8-16-7-9(2)3/h9H,6-8H2,1-5H3. The van der Waals surface area contributed by atoms with Gasteiger partial charge in [0.25, 0.3) is 0 Å². The highest BCUT2D eigenvalue weighted by Gasteiger charge is 2.36. The zero-order chi connectivity index (χ0) is 12.8. The van der Waals surface area contributed by atoms with Crippen molar-refractivity contribution in [1.29, 1.82) is 0 Å². The summed E-state index contributed by atoms with van der Waals surface area (Å²) in [5.74, 6) is 1.39. The molecule has 0 aromatic heterocycles. The van der Waals surface area contributed by atoms with Gasteiger partial charge in [-0.05, 0) is 32.4 Å². The Hall–Kier alpha value is -0.510. The lowest BCUT2D eigenvalue weighted by Gasteiger charge is -2.20. The maximum Gasteiger partial charge on any atom is 0.319 e. The van der Waals surface area contributed by atoms with Crippen LogP contribution < -0.4 is 0 Å². The summed E-state index contributed by atoms with van der Waals surface area (Å²) in [7, 11) is 0. The van der Waals surface area contributed by atoms with Crippen molar-refractivity contribution in [3.63, 3.8) is 0 Å². The van der Waals surface area contributed by atoms with Crippen molar-refractivity contribution in [2.45, 2.75) is 34.6 Å². The number of hydrogen-bond acceptors (Lipinski definition) is 4. The van der Waals surface area contributed by atoms with Crippen LogP contribution in [0.15, 0.2) is 0 Å². The molecule has 0 heterocycles. The molecule has 3 nitrogen and oxygen atoms in total. The molecule has 0 fully saturated rings. The smallest absolute Gasteiger partial charge is 0.319 e. The lowest BCUT2D eigenvalue weighted by molar-refractivity contribution is -0.157. The maximum absolute atomic E-state index is 11.8. The zero-order valence-corrected chi connectivity index (χ0v) is 11.6. The van der Waals surface area contributed by atoms with E-state index in [-0.39, 0.29) is 5.78 Å². The van der Waals surface area contributed by atoms with Crippen molar-refractivity contribution in [2.24, 2.45) is 11.3 Å². The van der Waals surface area contributed by atoms with Gasteiger partial charge in [-0.2, -0.15) is 11.8 Å². The minimum atomic E-state index is -1.01. The van der Waals surface area contributed by atoms with Gasteiger partial charge in [-0.15, -0.1) is 0 Å². The first-order valence-electron chi connectivity index (χ1n) is 5.60. The lowest BCUT2D eigenvalue weighted by Crippen LogP contribution is -2.36. The number of Topliss-reactive ketones (excluding diaryl/α,β-unsaturated/α-hetero) is 1. The second-order valence-corrected chi connectivity index (χ2v) is 5.71. The van der Waals surface area contributed by atoms with E-state index < -0.39 is 11.4 Å². The molecule has 0 aliphatic heterocycles. The quantitative estimate of drug-likeness (QED) is 0.511. The van der Waals surface area contributed by atoms with Crippen LogP contribution in [0.2, 0.25) is 0 Å². The summed E-state index contributed by atoms with van der Waals surface area (Å²) < 4.78 is 4.89. The molecule has 0 rings (SSSR count). The highest BCUT2D eigenvalue weighted by Crippen LogP contribution is 2.22. The molecule has 4 heteroatoms. The van der Waals surface area contributed by atoms with E-state index in [2.05, 4.69) is 13.8 Å². The number of rotatable bonds is 7. The van der Waals surface area contributed by atoms with E-state index in [4.69, 9.17) is 4.74 Å². The molecular formula is C12H22O3S. The summed E-state index contributed by atoms with van der Waals surface area (Å²) in [6.07, 6.45) is 0. The third-order valence-corrected chi connectivity index (χ3v) is 3.54. The third kappa shape index (κ3) is 5.01. The van der Waals surface area contributed by atoms with Crippen LogP contribution in [0.4, 0.5) is 0 Å². The third-order valence-electron chi connectivity index (χ3n) is 2.17. The normalized spacial score (nSPS) is 11.6. The molecule has 0 aromatic carbocycles. The van der Waals surface area contributed by atoms with E-state index in [1.54, 1.807) is 32.5 Å². The molecule has 0 spiro atoms. The monoisotopic (exact) mass is 246 g/mol. The van der Waals surface area contributed by atoms with Gasteiger partial charge in [0.15, 0.2) is 5.78 Å². The Morgan fingerprint density at radius 3 is 2.31 bits per heavy atom. The van der Waals surface area contributed by atoms with Crippen LogP contribution in [-0.4, -0.2) is 29.9 Å². The first kappa shape index (κ1) is 15.5. The molecule has 94 valence electrons. The molecule has 0 saturated heterocycles. The van der Waals surface area contributed by atoms with E-state index in [1.165, 1.54) is 0 Å². The molecule has 0 aliphatic carbocycles. The van der Waals surface area contributed by atoms with Gasteiger partial charge in [0.1, 0.15) is 5.41 Å². The van der Waals surface area contributed by atoms with Crippen molar-refractivity contribution < 1.29 is 14.3 Å². The molecule has 0 amide bonds. The van der Waals surface area contributed by atoms with Crippen molar-refractivity contribution in [3.05, 3.63) is 0 Å². The van der Waals surface area contributed by atoms with Crippen molar-refractivity contribution in [3.8, 4) is 0 Å². The van der Waals surface area contributed by atoms with Gasteiger partial charge in [0, 0.05) is 0 Å². The fourth-order valence-electron chi connectivity index (χ4n) is 0.993. The van der Waals surface area contributed by atoms with Gasteiger partial charge in [-0.1, -0.05) is 13.8 Å². The van der Waals surface area contributed by atoms with E-state index in [0.29, 0.717) is 18.3 Å². The molecule has 0 aromatic rings. The molecular weight excluding hydrogens is 224 g/mol. The fourth-order valence-corrected chi connectivity index (χ4v) is 2.13. The molecule has 0 bridgehead atoms. The highest BCUT2D eigenvalue weighted by molar-refractivity contribution is 7.99. The number of ketones is 1. The minimum absolute atomic E-state index is 0.0587. The average Bonchev–Trinajstić information content (AvgIpc) is 2.17. The number of esters is 1. The van der Waals surface area contributed by atoms with Crippen molar-refractivity contribution >= 4 is 23.5 Å². The fraction of sp³-hybridized carbons (Fsp3) is 0.833. The molecule has 0 aliphatic rings. The summed E-state index contributed by atoms with van der Waals surface area (Å²) in [5.41, 5.74) is -1.01. The van der Waals surface area contributed by atoms with Gasteiger partial charge in [0.2, 0.25) is 0 Å². The molecule has 0 atom stereocenters. The van der Waals surface area contributed by atoms with Crippen LogP contribution in [0, 0.1) is 11.3 Å². The predicted octanol–water partition coefficient (Wildman–Crippen LogP) is 2.53.